The van der Waals surface area contributed by atoms with Crippen molar-refractivity contribution in [2.24, 2.45) is 7.05 Å². The van der Waals surface area contributed by atoms with Crippen LogP contribution in [0.2, 0.25) is 0 Å². The molecule has 2 aromatic heterocycles. The fraction of sp³-hybridized carbons (Fsp3) is 0.214. The Hall–Kier alpha value is -2.08. The standard InChI is InChI=1S/C14H15N5S/c1-9-8-12(19(3)18-9)20-13-10-6-4-5-7-11(10)16-14(15-2)17-13/h4-8H,1-3H3,(H,15,16,17). The van der Waals surface area contributed by atoms with Crippen LogP contribution >= 0.6 is 11.8 Å². The maximum absolute atomic E-state index is 4.56. The maximum atomic E-state index is 4.56. The summed E-state index contributed by atoms with van der Waals surface area (Å²) in [6.07, 6.45) is 0. The molecule has 3 rings (SSSR count). The first-order valence-corrected chi connectivity index (χ1v) is 7.12. The van der Waals surface area contributed by atoms with Crippen LogP contribution in [-0.2, 0) is 7.05 Å². The molecule has 0 amide bonds. The van der Waals surface area contributed by atoms with Crippen LogP contribution in [0, 0.1) is 6.92 Å². The fourth-order valence-corrected chi connectivity index (χ4v) is 3.03. The second-order valence-corrected chi connectivity index (χ2v) is 5.48. The van der Waals surface area contributed by atoms with E-state index in [-0.39, 0.29) is 0 Å². The lowest BCUT2D eigenvalue weighted by Gasteiger charge is -2.07. The van der Waals surface area contributed by atoms with Gasteiger partial charge in [-0.3, -0.25) is 4.68 Å². The van der Waals surface area contributed by atoms with Gasteiger partial charge in [-0.05, 0) is 30.8 Å². The zero-order chi connectivity index (χ0) is 14.1. The fourth-order valence-electron chi connectivity index (χ4n) is 2.02. The molecule has 2 heterocycles. The quantitative estimate of drug-likeness (QED) is 0.750. The highest BCUT2D eigenvalue weighted by Crippen LogP contribution is 2.32. The molecule has 0 aliphatic heterocycles. The Morgan fingerprint density at radius 3 is 2.70 bits per heavy atom. The van der Waals surface area contributed by atoms with E-state index in [2.05, 4.69) is 26.4 Å². The van der Waals surface area contributed by atoms with Crippen LogP contribution in [0.4, 0.5) is 5.95 Å². The van der Waals surface area contributed by atoms with Crippen LogP contribution in [0.3, 0.4) is 0 Å². The Bertz CT molecular complexity index is 765. The van der Waals surface area contributed by atoms with Gasteiger partial charge in [-0.1, -0.05) is 18.2 Å². The molecular weight excluding hydrogens is 270 g/mol. The van der Waals surface area contributed by atoms with Gasteiger partial charge in [-0.2, -0.15) is 5.10 Å². The molecule has 5 nitrogen and oxygen atoms in total. The highest BCUT2D eigenvalue weighted by Gasteiger charge is 2.11. The lowest BCUT2D eigenvalue weighted by atomic mass is 10.2. The van der Waals surface area contributed by atoms with E-state index in [1.54, 1.807) is 11.8 Å². The Kier molecular flexibility index (Phi) is 3.31. The third-order valence-corrected chi connectivity index (χ3v) is 4.05. The Morgan fingerprint density at radius 1 is 1.20 bits per heavy atom. The number of nitrogens with one attached hydrogen (secondary N) is 1. The first-order chi connectivity index (χ1) is 9.67. The molecule has 0 bridgehead atoms. The summed E-state index contributed by atoms with van der Waals surface area (Å²) in [5, 5.41) is 10.4. The van der Waals surface area contributed by atoms with Crippen LogP contribution < -0.4 is 5.32 Å². The predicted octanol–water partition coefficient (Wildman–Crippen LogP) is 2.86. The van der Waals surface area contributed by atoms with Crippen LogP contribution in [0.25, 0.3) is 10.9 Å². The van der Waals surface area contributed by atoms with Gasteiger partial charge in [0, 0.05) is 19.5 Å². The molecule has 0 unspecified atom stereocenters. The molecule has 6 heteroatoms. The van der Waals surface area contributed by atoms with Crippen molar-refractivity contribution in [1.82, 2.24) is 19.7 Å². The molecule has 3 aromatic rings. The number of hydrogen-bond donors (Lipinski definition) is 1. The van der Waals surface area contributed by atoms with Crippen LogP contribution in [0.1, 0.15) is 5.69 Å². The molecule has 0 fully saturated rings. The van der Waals surface area contributed by atoms with Gasteiger partial charge in [0.1, 0.15) is 10.1 Å². The van der Waals surface area contributed by atoms with E-state index < -0.39 is 0 Å². The predicted molar refractivity (Wildman–Crippen MR) is 81.2 cm³/mol. The minimum Gasteiger partial charge on any atom is -0.357 e. The van der Waals surface area contributed by atoms with Gasteiger partial charge in [0.05, 0.1) is 11.2 Å². The monoisotopic (exact) mass is 285 g/mol. The summed E-state index contributed by atoms with van der Waals surface area (Å²) in [5.74, 6) is 0.630. The van der Waals surface area contributed by atoms with Gasteiger partial charge in [-0.15, -0.1) is 0 Å². The zero-order valence-corrected chi connectivity index (χ0v) is 12.4. The molecule has 20 heavy (non-hydrogen) atoms. The van der Waals surface area contributed by atoms with E-state index >= 15 is 0 Å². The van der Waals surface area contributed by atoms with Crippen molar-refractivity contribution in [3.63, 3.8) is 0 Å². The van der Waals surface area contributed by atoms with Gasteiger partial charge >= 0.3 is 0 Å². The largest absolute Gasteiger partial charge is 0.357 e. The first kappa shape index (κ1) is 12.9. The van der Waals surface area contributed by atoms with Crippen LogP contribution in [0.15, 0.2) is 40.4 Å². The molecule has 0 atom stereocenters. The van der Waals surface area contributed by atoms with Gasteiger partial charge in [0.15, 0.2) is 0 Å². The highest BCUT2D eigenvalue weighted by atomic mass is 32.2. The summed E-state index contributed by atoms with van der Waals surface area (Å²) >= 11 is 1.60. The molecule has 0 aliphatic carbocycles. The van der Waals surface area contributed by atoms with Gasteiger partial charge in [0.25, 0.3) is 0 Å². The first-order valence-electron chi connectivity index (χ1n) is 6.30. The summed E-state index contributed by atoms with van der Waals surface area (Å²) in [4.78, 5) is 9.03. The number of nitrogens with zero attached hydrogens (tertiary/aromatic N) is 4. The number of para-hydroxylation sites is 1. The molecule has 0 aliphatic rings. The van der Waals surface area contributed by atoms with E-state index in [4.69, 9.17) is 0 Å². The lowest BCUT2D eigenvalue weighted by Crippen LogP contribution is -1.99. The molecule has 0 saturated carbocycles. The summed E-state index contributed by atoms with van der Waals surface area (Å²) < 4.78 is 1.87. The molecule has 1 aromatic carbocycles. The van der Waals surface area contributed by atoms with Gasteiger partial charge in [0.2, 0.25) is 5.95 Å². The van der Waals surface area contributed by atoms with Crippen molar-refractivity contribution in [3.8, 4) is 0 Å². The average Bonchev–Trinajstić information content (AvgIpc) is 2.76. The number of aryl methyl sites for hydroxylation is 2. The maximum Gasteiger partial charge on any atom is 0.224 e. The summed E-state index contributed by atoms with van der Waals surface area (Å²) in [5.41, 5.74) is 1.94. The van der Waals surface area contributed by atoms with Gasteiger partial charge < -0.3 is 5.32 Å². The Balaban J connectivity index is 2.12. The average molecular weight is 285 g/mol. The Labute approximate surface area is 121 Å². The van der Waals surface area contributed by atoms with E-state index in [1.165, 1.54) is 0 Å². The zero-order valence-electron chi connectivity index (χ0n) is 11.6. The van der Waals surface area contributed by atoms with Gasteiger partial charge in [-0.25, -0.2) is 9.97 Å². The number of hydrogen-bond acceptors (Lipinski definition) is 5. The lowest BCUT2D eigenvalue weighted by molar-refractivity contribution is 0.692. The number of benzene rings is 1. The summed E-state index contributed by atoms with van der Waals surface area (Å²) in [6.45, 7) is 1.99. The van der Waals surface area contributed by atoms with E-state index in [9.17, 15) is 0 Å². The molecular formula is C14H15N5S. The van der Waals surface area contributed by atoms with Crippen molar-refractivity contribution in [2.45, 2.75) is 17.0 Å². The Morgan fingerprint density at radius 2 is 2.00 bits per heavy atom. The minimum atomic E-state index is 0.630. The SMILES string of the molecule is CNc1nc(Sc2cc(C)nn2C)c2ccccc2n1. The van der Waals surface area contributed by atoms with Crippen molar-refractivity contribution < 1.29 is 0 Å². The van der Waals surface area contributed by atoms with Crippen molar-refractivity contribution in [3.05, 3.63) is 36.0 Å². The second-order valence-electron chi connectivity index (χ2n) is 4.47. The smallest absolute Gasteiger partial charge is 0.224 e. The third kappa shape index (κ3) is 2.34. The van der Waals surface area contributed by atoms with E-state index in [1.807, 2.05) is 50.0 Å². The van der Waals surface area contributed by atoms with E-state index in [0.29, 0.717) is 5.95 Å². The molecule has 0 spiro atoms. The van der Waals surface area contributed by atoms with Crippen molar-refractivity contribution in [2.75, 3.05) is 12.4 Å². The van der Waals surface area contributed by atoms with Crippen molar-refractivity contribution in [1.29, 1.82) is 0 Å². The van der Waals surface area contributed by atoms with Crippen LogP contribution in [-0.4, -0.2) is 26.8 Å². The number of anilines is 1. The normalized spacial score (nSPS) is 10.9. The minimum absolute atomic E-state index is 0.630. The molecule has 0 saturated heterocycles. The number of rotatable bonds is 3. The summed E-state index contributed by atoms with van der Waals surface area (Å²) in [7, 11) is 3.77. The second kappa shape index (κ2) is 5.13. The third-order valence-electron chi connectivity index (χ3n) is 2.95. The number of aromatic nitrogens is 4. The molecule has 102 valence electrons. The summed E-state index contributed by atoms with van der Waals surface area (Å²) in [6, 6.07) is 10.1. The van der Waals surface area contributed by atoms with E-state index in [0.717, 1.165) is 26.6 Å². The van der Waals surface area contributed by atoms with Crippen LogP contribution in [0.5, 0.6) is 0 Å². The molecule has 1 N–H and O–H groups in total. The topological polar surface area (TPSA) is 55.6 Å². The van der Waals surface area contributed by atoms with Crippen molar-refractivity contribution >= 4 is 28.6 Å². The molecule has 0 radical (unpaired) electrons. The number of fused-ring (bicyclic) bond motifs is 1. The highest BCUT2D eigenvalue weighted by molar-refractivity contribution is 7.99.